The number of hydrogen-bond acceptors (Lipinski definition) is 2. The van der Waals surface area contributed by atoms with Gasteiger partial charge < -0.3 is 5.73 Å². The lowest BCUT2D eigenvalue weighted by Crippen LogP contribution is -2.48. The number of nitrogens with zero attached hydrogens (tertiary/aromatic N) is 1. The van der Waals surface area contributed by atoms with Crippen LogP contribution in [0.1, 0.15) is 43.7 Å². The van der Waals surface area contributed by atoms with Crippen LogP contribution in [0.3, 0.4) is 0 Å². The summed E-state index contributed by atoms with van der Waals surface area (Å²) >= 11 is 0. The van der Waals surface area contributed by atoms with Gasteiger partial charge in [-0.1, -0.05) is 30.7 Å². The van der Waals surface area contributed by atoms with Crippen molar-refractivity contribution >= 4 is 12.4 Å². The van der Waals surface area contributed by atoms with Crippen molar-refractivity contribution in [1.82, 2.24) is 4.90 Å². The number of alkyl halides is 2. The average molecular weight is 305 g/mol. The van der Waals surface area contributed by atoms with E-state index in [4.69, 9.17) is 5.73 Å². The molecule has 5 heteroatoms. The molecule has 114 valence electrons. The monoisotopic (exact) mass is 304 g/mol. The molecular weight excluding hydrogens is 282 g/mol. The lowest BCUT2D eigenvalue weighted by molar-refractivity contribution is 0.123. The molecule has 2 rings (SSSR count). The van der Waals surface area contributed by atoms with Gasteiger partial charge in [-0.15, -0.1) is 12.4 Å². The molecule has 0 amide bonds. The van der Waals surface area contributed by atoms with E-state index in [1.54, 1.807) is 12.1 Å². The Kier molecular flexibility index (Phi) is 6.86. The number of benzene rings is 1. The molecule has 1 aromatic carbocycles. The minimum Gasteiger partial charge on any atom is -0.327 e. The summed E-state index contributed by atoms with van der Waals surface area (Å²) < 4.78 is 25.0. The van der Waals surface area contributed by atoms with Gasteiger partial charge in [0, 0.05) is 24.2 Å². The van der Waals surface area contributed by atoms with Gasteiger partial charge in [0.2, 0.25) is 0 Å². The average Bonchev–Trinajstić information content (AvgIpc) is 2.39. The van der Waals surface area contributed by atoms with Gasteiger partial charge in [0.1, 0.15) is 0 Å². The minimum atomic E-state index is -2.39. The van der Waals surface area contributed by atoms with E-state index in [0.717, 1.165) is 25.1 Å². The Morgan fingerprint density at radius 2 is 1.90 bits per heavy atom. The topological polar surface area (TPSA) is 29.3 Å². The molecule has 0 aromatic heterocycles. The second-order valence-corrected chi connectivity index (χ2v) is 5.44. The van der Waals surface area contributed by atoms with Crippen LogP contribution < -0.4 is 5.73 Å². The molecule has 1 aromatic rings. The van der Waals surface area contributed by atoms with Crippen LogP contribution >= 0.6 is 12.4 Å². The summed E-state index contributed by atoms with van der Waals surface area (Å²) in [5.74, 6) is 0. The number of nitrogens with two attached hydrogens (primary N) is 1. The fraction of sp³-hybridized carbons (Fsp3) is 0.600. The van der Waals surface area contributed by atoms with E-state index in [2.05, 4.69) is 4.90 Å². The van der Waals surface area contributed by atoms with E-state index in [1.807, 2.05) is 6.92 Å². The summed E-state index contributed by atoms with van der Waals surface area (Å²) in [7, 11) is 0. The maximum atomic E-state index is 12.5. The van der Waals surface area contributed by atoms with Crippen molar-refractivity contribution in [3.05, 3.63) is 35.4 Å². The van der Waals surface area contributed by atoms with E-state index in [9.17, 15) is 8.78 Å². The number of rotatable bonds is 4. The van der Waals surface area contributed by atoms with Gasteiger partial charge in [-0.25, -0.2) is 8.78 Å². The second kappa shape index (κ2) is 7.91. The van der Waals surface area contributed by atoms with E-state index in [-0.39, 0.29) is 24.0 Å². The molecule has 0 bridgehead atoms. The van der Waals surface area contributed by atoms with Crippen molar-refractivity contribution in [1.29, 1.82) is 0 Å². The Hall–Kier alpha value is -0.710. The molecule has 2 nitrogen and oxygen atoms in total. The first kappa shape index (κ1) is 17.3. The van der Waals surface area contributed by atoms with Crippen LogP contribution in [0.2, 0.25) is 0 Å². The highest BCUT2D eigenvalue weighted by molar-refractivity contribution is 5.85. The number of piperidine rings is 1. The quantitative estimate of drug-likeness (QED) is 0.918. The lowest BCUT2D eigenvalue weighted by Gasteiger charge is -2.38. The first-order chi connectivity index (χ1) is 9.08. The van der Waals surface area contributed by atoms with Crippen molar-refractivity contribution < 1.29 is 8.78 Å². The second-order valence-electron chi connectivity index (χ2n) is 5.44. The number of likely N-dealkylation sites (tertiary alicyclic amines) is 1. The summed E-state index contributed by atoms with van der Waals surface area (Å²) in [5.41, 5.74) is 7.20. The Morgan fingerprint density at radius 1 is 1.25 bits per heavy atom. The molecule has 1 aliphatic rings. The van der Waals surface area contributed by atoms with Crippen molar-refractivity contribution in [3.8, 4) is 0 Å². The third kappa shape index (κ3) is 4.40. The summed E-state index contributed by atoms with van der Waals surface area (Å²) in [5, 5.41) is 0. The third-order valence-corrected chi connectivity index (χ3v) is 3.89. The predicted molar refractivity (Wildman–Crippen MR) is 80.3 cm³/mol. The van der Waals surface area contributed by atoms with Crippen LogP contribution in [-0.2, 0) is 6.54 Å². The molecule has 0 saturated carbocycles. The minimum absolute atomic E-state index is 0. The lowest BCUT2D eigenvalue weighted by atomic mass is 9.96. The van der Waals surface area contributed by atoms with Gasteiger partial charge in [-0.05, 0) is 31.9 Å². The first-order valence-corrected chi connectivity index (χ1v) is 6.94. The highest BCUT2D eigenvalue weighted by Crippen LogP contribution is 2.23. The highest BCUT2D eigenvalue weighted by Gasteiger charge is 2.25. The molecule has 1 fully saturated rings. The van der Waals surface area contributed by atoms with Crippen molar-refractivity contribution in [2.75, 3.05) is 6.54 Å². The zero-order chi connectivity index (χ0) is 13.8. The Morgan fingerprint density at radius 3 is 2.45 bits per heavy atom. The van der Waals surface area contributed by atoms with E-state index >= 15 is 0 Å². The molecule has 1 aliphatic heterocycles. The molecule has 0 spiro atoms. The van der Waals surface area contributed by atoms with Gasteiger partial charge in [-0.3, -0.25) is 4.90 Å². The van der Waals surface area contributed by atoms with Gasteiger partial charge in [0.25, 0.3) is 6.43 Å². The summed E-state index contributed by atoms with van der Waals surface area (Å²) in [6.45, 7) is 3.89. The summed E-state index contributed by atoms with van der Waals surface area (Å²) in [6.07, 6.45) is 1.17. The molecule has 1 saturated heterocycles. The normalized spacial score (nSPS) is 21.6. The Balaban J connectivity index is 0.00000200. The van der Waals surface area contributed by atoms with Gasteiger partial charge >= 0.3 is 0 Å². The smallest absolute Gasteiger partial charge is 0.263 e. The van der Waals surface area contributed by atoms with Gasteiger partial charge in [0.05, 0.1) is 0 Å². The zero-order valence-electron chi connectivity index (χ0n) is 11.8. The molecule has 0 aliphatic carbocycles. The van der Waals surface area contributed by atoms with Crippen LogP contribution in [0.15, 0.2) is 24.3 Å². The standard InChI is InChI=1S/C15H22F2N2.ClH/c1-11(18)14-4-2-3-9-19(14)10-12-5-7-13(8-6-12)15(16)17;/h5-8,11,14-15H,2-4,9-10,18H2,1H3;1H. The fourth-order valence-corrected chi connectivity index (χ4v) is 2.81. The molecule has 2 N–H and O–H groups in total. The molecule has 20 heavy (non-hydrogen) atoms. The summed E-state index contributed by atoms with van der Waals surface area (Å²) in [6, 6.07) is 7.20. The van der Waals surface area contributed by atoms with E-state index in [1.165, 1.54) is 25.0 Å². The highest BCUT2D eigenvalue weighted by atomic mass is 35.5. The Bertz CT molecular complexity index is 395. The largest absolute Gasteiger partial charge is 0.327 e. The summed E-state index contributed by atoms with van der Waals surface area (Å²) in [4.78, 5) is 2.38. The molecule has 1 heterocycles. The van der Waals surface area contributed by atoms with Crippen LogP contribution in [0.4, 0.5) is 8.78 Å². The predicted octanol–water partition coefficient (Wildman–Crippen LogP) is 3.75. The zero-order valence-corrected chi connectivity index (χ0v) is 12.6. The fourth-order valence-electron chi connectivity index (χ4n) is 2.81. The van der Waals surface area contributed by atoms with Gasteiger partial charge in [0.15, 0.2) is 0 Å². The van der Waals surface area contributed by atoms with Crippen molar-refractivity contribution in [3.63, 3.8) is 0 Å². The van der Waals surface area contributed by atoms with E-state index in [0.29, 0.717) is 6.04 Å². The maximum Gasteiger partial charge on any atom is 0.263 e. The number of halogens is 3. The molecule has 0 radical (unpaired) electrons. The van der Waals surface area contributed by atoms with Crippen LogP contribution in [0.25, 0.3) is 0 Å². The van der Waals surface area contributed by atoms with E-state index < -0.39 is 6.43 Å². The van der Waals surface area contributed by atoms with Crippen LogP contribution in [0, 0.1) is 0 Å². The van der Waals surface area contributed by atoms with Crippen molar-refractivity contribution in [2.45, 2.75) is 51.2 Å². The SMILES string of the molecule is CC(N)C1CCCCN1Cc1ccc(C(F)F)cc1.Cl. The number of hydrogen-bond donors (Lipinski definition) is 1. The Labute approximate surface area is 125 Å². The van der Waals surface area contributed by atoms with Crippen LogP contribution in [-0.4, -0.2) is 23.5 Å². The third-order valence-electron chi connectivity index (χ3n) is 3.89. The maximum absolute atomic E-state index is 12.5. The first-order valence-electron chi connectivity index (χ1n) is 6.94. The van der Waals surface area contributed by atoms with Crippen molar-refractivity contribution in [2.24, 2.45) is 5.73 Å². The molecule has 2 atom stereocenters. The van der Waals surface area contributed by atoms with Gasteiger partial charge in [-0.2, -0.15) is 0 Å². The molecule has 2 unspecified atom stereocenters. The van der Waals surface area contributed by atoms with Crippen LogP contribution in [0.5, 0.6) is 0 Å². The molecular formula is C15H23ClF2N2.